The van der Waals surface area contributed by atoms with Crippen molar-refractivity contribution in [3.8, 4) is 0 Å². The van der Waals surface area contributed by atoms with E-state index in [9.17, 15) is 0 Å². The second kappa shape index (κ2) is 4.21. The van der Waals surface area contributed by atoms with Crippen molar-refractivity contribution in [3.63, 3.8) is 0 Å². The number of thiophene rings is 1. The van der Waals surface area contributed by atoms with Crippen LogP contribution in [0.4, 0.5) is 0 Å². The predicted molar refractivity (Wildman–Crippen MR) is 68.5 cm³/mol. The van der Waals surface area contributed by atoms with Crippen LogP contribution in [0.1, 0.15) is 17.4 Å². The van der Waals surface area contributed by atoms with Crippen LogP contribution < -0.4 is 0 Å². The molecule has 3 heteroatoms. The summed E-state index contributed by atoms with van der Waals surface area (Å²) in [4.78, 5) is 1.40. The number of aryl methyl sites for hydroxylation is 1. The van der Waals surface area contributed by atoms with E-state index in [1.165, 1.54) is 20.5 Å². The van der Waals surface area contributed by atoms with Crippen molar-refractivity contribution in [3.05, 3.63) is 33.1 Å². The average Bonchev–Trinajstić information content (AvgIpc) is 2.56. The van der Waals surface area contributed by atoms with Crippen LogP contribution in [0.3, 0.4) is 0 Å². The summed E-state index contributed by atoms with van der Waals surface area (Å²) in [6.07, 6.45) is 1.06. The molecule has 1 aromatic carbocycles. The van der Waals surface area contributed by atoms with Crippen molar-refractivity contribution in [2.24, 2.45) is 0 Å². The molecule has 0 N–H and O–H groups in total. The molecule has 0 nitrogen and oxygen atoms in total. The Morgan fingerprint density at radius 2 is 2.21 bits per heavy atom. The van der Waals surface area contributed by atoms with E-state index in [-0.39, 0.29) is 0 Å². The number of rotatable bonds is 2. The number of hydrogen-bond donors (Lipinski definition) is 0. The van der Waals surface area contributed by atoms with Gasteiger partial charge in [0.2, 0.25) is 0 Å². The van der Waals surface area contributed by atoms with Crippen LogP contribution in [0.2, 0.25) is 0 Å². The molecule has 0 bridgehead atoms. The topological polar surface area (TPSA) is 0 Å². The number of hydrogen-bond acceptors (Lipinski definition) is 1. The minimum atomic E-state index is 0.603. The van der Waals surface area contributed by atoms with Gasteiger partial charge in [-0.15, -0.1) is 22.9 Å². The second-order valence-corrected chi connectivity index (χ2v) is 5.36. The van der Waals surface area contributed by atoms with Crippen LogP contribution in [0.15, 0.2) is 22.7 Å². The molecule has 0 spiro atoms. The van der Waals surface area contributed by atoms with Gasteiger partial charge in [-0.3, -0.25) is 0 Å². The molecule has 0 fully saturated rings. The summed E-state index contributed by atoms with van der Waals surface area (Å²) in [6.45, 7) is 2.18. The third kappa shape index (κ3) is 1.60. The highest BCUT2D eigenvalue weighted by atomic mass is 79.9. The summed E-state index contributed by atoms with van der Waals surface area (Å²) in [6, 6.07) is 6.30. The number of fused-ring (bicyclic) bond motifs is 1. The molecule has 2 rings (SSSR count). The summed E-state index contributed by atoms with van der Waals surface area (Å²) in [5, 5.41) is 1.30. The summed E-state index contributed by atoms with van der Waals surface area (Å²) >= 11 is 11.4. The Hall–Kier alpha value is -0.0500. The molecule has 1 heterocycles. The van der Waals surface area contributed by atoms with Crippen LogP contribution >= 0.6 is 38.9 Å². The van der Waals surface area contributed by atoms with Crippen LogP contribution in [0.25, 0.3) is 10.1 Å². The van der Waals surface area contributed by atoms with Crippen molar-refractivity contribution in [1.29, 1.82) is 0 Å². The van der Waals surface area contributed by atoms with Gasteiger partial charge in [0, 0.05) is 25.3 Å². The van der Waals surface area contributed by atoms with E-state index in [1.54, 1.807) is 0 Å². The molecule has 0 aliphatic rings. The van der Waals surface area contributed by atoms with Gasteiger partial charge in [0.1, 0.15) is 0 Å². The zero-order chi connectivity index (χ0) is 10.1. The van der Waals surface area contributed by atoms with E-state index in [2.05, 4.69) is 41.1 Å². The lowest BCUT2D eigenvalue weighted by Crippen LogP contribution is -1.82. The molecule has 0 aliphatic heterocycles. The molecular formula is C11H10BrClS. The molecule has 0 saturated carbocycles. The zero-order valence-corrected chi connectivity index (χ0v) is 11.0. The molecule has 0 saturated heterocycles. The Morgan fingerprint density at radius 3 is 2.86 bits per heavy atom. The first-order valence-electron chi connectivity index (χ1n) is 4.52. The zero-order valence-electron chi connectivity index (χ0n) is 7.81. The monoisotopic (exact) mass is 288 g/mol. The molecule has 74 valence electrons. The highest BCUT2D eigenvalue weighted by Gasteiger charge is 2.11. The third-order valence-corrected chi connectivity index (χ3v) is 4.57. The van der Waals surface area contributed by atoms with E-state index in [0.29, 0.717) is 5.88 Å². The average molecular weight is 290 g/mol. The van der Waals surface area contributed by atoms with E-state index < -0.39 is 0 Å². The molecular weight excluding hydrogens is 280 g/mol. The smallest absolute Gasteiger partial charge is 0.0491 e. The lowest BCUT2D eigenvalue weighted by atomic mass is 10.1. The van der Waals surface area contributed by atoms with Gasteiger partial charge < -0.3 is 0 Å². The molecule has 0 aliphatic carbocycles. The van der Waals surface area contributed by atoms with E-state index in [0.717, 1.165) is 10.9 Å². The molecule has 0 unspecified atom stereocenters. The first-order chi connectivity index (χ1) is 6.77. The minimum Gasteiger partial charge on any atom is -0.140 e. The largest absolute Gasteiger partial charge is 0.140 e. The Bertz CT molecular complexity index is 462. The van der Waals surface area contributed by atoms with Crippen molar-refractivity contribution in [2.45, 2.75) is 19.2 Å². The Kier molecular flexibility index (Phi) is 3.15. The van der Waals surface area contributed by atoms with Crippen LogP contribution in [0.5, 0.6) is 0 Å². The van der Waals surface area contributed by atoms with Gasteiger partial charge in [0.25, 0.3) is 0 Å². The van der Waals surface area contributed by atoms with Crippen LogP contribution in [0, 0.1) is 0 Å². The third-order valence-electron chi connectivity index (χ3n) is 2.30. The summed E-state index contributed by atoms with van der Waals surface area (Å²) in [7, 11) is 0. The van der Waals surface area contributed by atoms with E-state index >= 15 is 0 Å². The first-order valence-corrected chi connectivity index (χ1v) is 6.67. The van der Waals surface area contributed by atoms with Gasteiger partial charge in [-0.1, -0.05) is 28.9 Å². The van der Waals surface area contributed by atoms with Gasteiger partial charge in [-0.2, -0.15) is 0 Å². The predicted octanol–water partition coefficient (Wildman–Crippen LogP) is 4.97. The van der Waals surface area contributed by atoms with Crippen molar-refractivity contribution >= 4 is 49.0 Å². The quantitative estimate of drug-likeness (QED) is 0.685. The second-order valence-electron chi connectivity index (χ2n) is 3.10. The van der Waals surface area contributed by atoms with Gasteiger partial charge in [0.05, 0.1) is 0 Å². The highest BCUT2D eigenvalue weighted by Crippen LogP contribution is 2.37. The first kappa shape index (κ1) is 10.5. The van der Waals surface area contributed by atoms with Gasteiger partial charge in [-0.25, -0.2) is 0 Å². The van der Waals surface area contributed by atoms with Crippen LogP contribution in [-0.2, 0) is 12.3 Å². The highest BCUT2D eigenvalue weighted by molar-refractivity contribution is 9.10. The summed E-state index contributed by atoms with van der Waals surface area (Å²) in [5.41, 5.74) is 1.29. The van der Waals surface area contributed by atoms with Gasteiger partial charge >= 0.3 is 0 Å². The molecule has 0 atom stereocenters. The maximum Gasteiger partial charge on any atom is 0.0491 e. The lowest BCUT2D eigenvalue weighted by molar-refractivity contribution is 1.15. The summed E-state index contributed by atoms with van der Waals surface area (Å²) in [5.74, 6) is 0.603. The van der Waals surface area contributed by atoms with Gasteiger partial charge in [0.15, 0.2) is 0 Å². The molecule has 2 aromatic rings. The van der Waals surface area contributed by atoms with E-state index in [4.69, 9.17) is 11.6 Å². The van der Waals surface area contributed by atoms with Gasteiger partial charge in [-0.05, 0) is 24.1 Å². The van der Waals surface area contributed by atoms with Crippen molar-refractivity contribution < 1.29 is 0 Å². The Labute approximate surface area is 101 Å². The minimum absolute atomic E-state index is 0.603. The summed E-state index contributed by atoms with van der Waals surface area (Å²) < 4.78 is 2.48. The Balaban J connectivity index is 2.81. The molecule has 1 aromatic heterocycles. The fourth-order valence-electron chi connectivity index (χ4n) is 1.64. The lowest BCUT2D eigenvalue weighted by Gasteiger charge is -1.98. The fourth-order valence-corrected chi connectivity index (χ4v) is 3.94. The number of halogens is 2. The molecule has 0 radical (unpaired) electrons. The van der Waals surface area contributed by atoms with Crippen molar-refractivity contribution in [1.82, 2.24) is 0 Å². The van der Waals surface area contributed by atoms with Crippen LogP contribution in [-0.4, -0.2) is 0 Å². The maximum absolute atomic E-state index is 5.99. The standard InChI is InChI=1S/C11H10BrClS/c1-2-9-7(6-13)11-8(12)4-3-5-10(11)14-9/h3-5H,2,6H2,1H3. The normalized spacial score (nSPS) is 11.1. The number of alkyl halides is 1. The Morgan fingerprint density at radius 1 is 1.43 bits per heavy atom. The number of benzene rings is 1. The SMILES string of the molecule is CCc1sc2cccc(Br)c2c1CCl. The molecule has 0 amide bonds. The van der Waals surface area contributed by atoms with E-state index in [1.807, 2.05) is 11.3 Å². The molecule has 14 heavy (non-hydrogen) atoms. The maximum atomic E-state index is 5.99. The van der Waals surface area contributed by atoms with Crippen molar-refractivity contribution in [2.75, 3.05) is 0 Å². The fraction of sp³-hybridized carbons (Fsp3) is 0.273.